The molecule has 304 valence electrons. The predicted molar refractivity (Wildman–Crippen MR) is 195 cm³/mol. The van der Waals surface area contributed by atoms with Gasteiger partial charge in [0.1, 0.15) is 42.7 Å². The third-order valence-electron chi connectivity index (χ3n) is 15.6. The van der Waals surface area contributed by atoms with E-state index in [9.17, 15) is 40.9 Å². The molecule has 6 aliphatic rings. The van der Waals surface area contributed by atoms with Gasteiger partial charge in [0.2, 0.25) is 0 Å². The standard InChI is InChI=1S/C41H68O12/c1-20(2)10-9-11-21(3)22-12-15-40(7)29(22)23(43)16-27-39(6)14-13-28(45)38(4,5)35(39)25(17-41(27,40)8)51-37-33(49)34(31(47)26(18-42)52-37)53-36-32(48)30(46)24(44)19-50-36/h10,22-37,42-49H,3,9,11-19H2,1-2,4-8H3/t22-,23-,24-,25+,26-,27-,28+,29+,30+,31-,32-,33-,34+,35+,36+,37-,39-,40-,41-/m1/s1. The fourth-order valence-corrected chi connectivity index (χ4v) is 12.8. The number of ether oxygens (including phenoxy) is 4. The molecule has 0 aromatic heterocycles. The number of allylic oxidation sites excluding steroid dienone is 3. The van der Waals surface area contributed by atoms with Gasteiger partial charge in [-0.25, -0.2) is 0 Å². The number of aliphatic hydroxyl groups is 8. The van der Waals surface area contributed by atoms with Crippen molar-refractivity contribution in [3.8, 4) is 0 Å². The Balaban J connectivity index is 1.33. The highest BCUT2D eigenvalue weighted by Gasteiger charge is 2.73. The first-order chi connectivity index (χ1) is 24.7. The second-order valence-corrected chi connectivity index (χ2v) is 19.1. The maximum absolute atomic E-state index is 12.2. The van der Waals surface area contributed by atoms with Crippen LogP contribution in [0.5, 0.6) is 0 Å². The van der Waals surface area contributed by atoms with Crippen LogP contribution in [0.4, 0.5) is 0 Å². The summed E-state index contributed by atoms with van der Waals surface area (Å²) in [6, 6.07) is 0. The Bertz CT molecular complexity index is 1350. The van der Waals surface area contributed by atoms with E-state index in [0.29, 0.717) is 19.3 Å². The van der Waals surface area contributed by atoms with E-state index in [1.165, 1.54) is 11.1 Å². The van der Waals surface area contributed by atoms with Gasteiger partial charge in [0, 0.05) is 0 Å². The summed E-state index contributed by atoms with van der Waals surface area (Å²) >= 11 is 0. The highest BCUT2D eigenvalue weighted by atomic mass is 16.7. The molecule has 8 N–H and O–H groups in total. The van der Waals surface area contributed by atoms with Crippen molar-refractivity contribution in [2.45, 2.75) is 173 Å². The zero-order chi connectivity index (χ0) is 39.0. The molecular formula is C41H68O12. The minimum Gasteiger partial charge on any atom is -0.394 e. The van der Waals surface area contributed by atoms with Gasteiger partial charge in [0.05, 0.1) is 31.5 Å². The number of fused-ring (bicyclic) bond motifs is 5. The van der Waals surface area contributed by atoms with E-state index in [1.807, 2.05) is 0 Å². The van der Waals surface area contributed by atoms with Crippen LogP contribution in [0.25, 0.3) is 0 Å². The van der Waals surface area contributed by atoms with Gasteiger partial charge < -0.3 is 59.8 Å². The van der Waals surface area contributed by atoms with Gasteiger partial charge in [0.25, 0.3) is 0 Å². The Kier molecular flexibility index (Phi) is 11.8. The van der Waals surface area contributed by atoms with E-state index in [4.69, 9.17) is 18.9 Å². The summed E-state index contributed by atoms with van der Waals surface area (Å²) < 4.78 is 24.4. The Hall–Kier alpha value is -1.00. The van der Waals surface area contributed by atoms with Crippen molar-refractivity contribution in [3.63, 3.8) is 0 Å². The van der Waals surface area contributed by atoms with Crippen LogP contribution in [0, 0.1) is 45.3 Å². The highest BCUT2D eigenvalue weighted by Crippen LogP contribution is 2.76. The van der Waals surface area contributed by atoms with Gasteiger partial charge in [-0.05, 0) is 111 Å². The molecule has 4 aliphatic carbocycles. The minimum atomic E-state index is -1.66. The van der Waals surface area contributed by atoms with Gasteiger partial charge in [-0.3, -0.25) is 0 Å². The molecule has 2 heterocycles. The number of hydrogen-bond acceptors (Lipinski definition) is 12. The van der Waals surface area contributed by atoms with Gasteiger partial charge in [-0.2, -0.15) is 0 Å². The maximum Gasteiger partial charge on any atom is 0.186 e. The first kappa shape index (κ1) is 41.6. The third-order valence-corrected chi connectivity index (χ3v) is 15.6. The molecule has 6 fully saturated rings. The van der Waals surface area contributed by atoms with Crippen LogP contribution in [-0.4, -0.2) is 128 Å². The largest absolute Gasteiger partial charge is 0.394 e. The van der Waals surface area contributed by atoms with Crippen LogP contribution in [-0.2, 0) is 18.9 Å². The maximum atomic E-state index is 12.2. The average Bonchev–Trinajstić information content (AvgIpc) is 3.47. The fraction of sp³-hybridized carbons (Fsp3) is 0.902. The summed E-state index contributed by atoms with van der Waals surface area (Å²) in [5.41, 5.74) is 0.915. The van der Waals surface area contributed by atoms with Crippen molar-refractivity contribution in [3.05, 3.63) is 23.8 Å². The van der Waals surface area contributed by atoms with Crippen LogP contribution in [0.2, 0.25) is 0 Å². The molecule has 0 unspecified atom stereocenters. The normalized spacial score (nSPS) is 52.2. The summed E-state index contributed by atoms with van der Waals surface area (Å²) in [6.45, 7) is 18.9. The third kappa shape index (κ3) is 6.82. The molecule has 0 aromatic rings. The lowest BCUT2D eigenvalue weighted by atomic mass is 9.34. The van der Waals surface area contributed by atoms with Gasteiger partial charge >= 0.3 is 0 Å². The quantitative estimate of drug-likeness (QED) is 0.127. The smallest absolute Gasteiger partial charge is 0.186 e. The molecule has 12 nitrogen and oxygen atoms in total. The van der Waals surface area contributed by atoms with Crippen molar-refractivity contribution in [2.24, 2.45) is 45.3 Å². The van der Waals surface area contributed by atoms with Crippen molar-refractivity contribution < 1.29 is 59.8 Å². The molecule has 0 radical (unpaired) electrons. The number of aliphatic hydroxyl groups excluding tert-OH is 8. The van der Waals surface area contributed by atoms with E-state index in [2.05, 4.69) is 61.1 Å². The van der Waals surface area contributed by atoms with E-state index >= 15 is 0 Å². The molecule has 19 atom stereocenters. The van der Waals surface area contributed by atoms with Crippen molar-refractivity contribution in [2.75, 3.05) is 13.2 Å². The predicted octanol–water partition coefficient (Wildman–Crippen LogP) is 2.56. The molecular weight excluding hydrogens is 684 g/mol. The Labute approximate surface area is 315 Å². The molecule has 0 spiro atoms. The van der Waals surface area contributed by atoms with Gasteiger partial charge in [0.15, 0.2) is 12.6 Å². The monoisotopic (exact) mass is 752 g/mol. The molecule has 0 amide bonds. The van der Waals surface area contributed by atoms with Crippen LogP contribution >= 0.6 is 0 Å². The Morgan fingerprint density at radius 3 is 2.19 bits per heavy atom. The molecule has 2 saturated heterocycles. The van der Waals surface area contributed by atoms with Crippen LogP contribution in [0.15, 0.2) is 23.8 Å². The highest BCUT2D eigenvalue weighted by molar-refractivity contribution is 5.24. The fourth-order valence-electron chi connectivity index (χ4n) is 12.8. The molecule has 0 aromatic carbocycles. The molecule has 12 heteroatoms. The zero-order valence-electron chi connectivity index (χ0n) is 32.8. The van der Waals surface area contributed by atoms with E-state index < -0.39 is 85.6 Å². The summed E-state index contributed by atoms with van der Waals surface area (Å²) in [5.74, 6) is 0.116. The first-order valence-electron chi connectivity index (χ1n) is 20.0. The van der Waals surface area contributed by atoms with Crippen LogP contribution in [0.3, 0.4) is 0 Å². The lowest BCUT2D eigenvalue weighted by Gasteiger charge is -2.72. The molecule has 2 aliphatic heterocycles. The number of rotatable bonds is 9. The van der Waals surface area contributed by atoms with E-state index in [-0.39, 0.29) is 46.5 Å². The van der Waals surface area contributed by atoms with Crippen LogP contribution in [0.1, 0.15) is 99.8 Å². The summed E-state index contributed by atoms with van der Waals surface area (Å²) in [7, 11) is 0. The second kappa shape index (κ2) is 15.1. The molecule has 4 saturated carbocycles. The van der Waals surface area contributed by atoms with Gasteiger partial charge in [-0.15, -0.1) is 0 Å². The lowest BCUT2D eigenvalue weighted by molar-refractivity contribution is -0.368. The van der Waals surface area contributed by atoms with E-state index in [0.717, 1.165) is 32.1 Å². The summed E-state index contributed by atoms with van der Waals surface area (Å²) in [6.07, 6.45) is -6.39. The topological polar surface area (TPSA) is 199 Å². The number of hydrogen-bond donors (Lipinski definition) is 8. The van der Waals surface area contributed by atoms with Crippen molar-refractivity contribution >= 4 is 0 Å². The molecule has 0 bridgehead atoms. The average molecular weight is 753 g/mol. The summed E-state index contributed by atoms with van der Waals surface area (Å²) in [5, 5.41) is 87.7. The zero-order valence-corrected chi connectivity index (χ0v) is 32.8. The first-order valence-corrected chi connectivity index (χ1v) is 20.0. The molecule has 6 rings (SSSR count). The minimum absolute atomic E-state index is 0.0185. The Morgan fingerprint density at radius 1 is 0.830 bits per heavy atom. The lowest BCUT2D eigenvalue weighted by Crippen LogP contribution is -2.70. The molecule has 53 heavy (non-hydrogen) atoms. The van der Waals surface area contributed by atoms with Crippen molar-refractivity contribution in [1.29, 1.82) is 0 Å². The van der Waals surface area contributed by atoms with Crippen LogP contribution < -0.4 is 0 Å². The summed E-state index contributed by atoms with van der Waals surface area (Å²) in [4.78, 5) is 0. The Morgan fingerprint density at radius 2 is 1.53 bits per heavy atom. The SMILES string of the molecule is C=C(CCC=C(C)C)[C@H]1CC[C@]2(C)[C@@H]1[C@H](O)C[C@@H]1[C@@]3(C)CC[C@H](O)C(C)(C)[C@@H]3[C@@H](O[C@@H]3O[C@H](CO)[C@@H](O)[C@H](O[C@@H]4OC[C@@H](O)[C@H](O)[C@H]4O)[C@H]3O)C[C@]12C. The van der Waals surface area contributed by atoms with E-state index in [1.54, 1.807) is 0 Å². The van der Waals surface area contributed by atoms with Gasteiger partial charge in [-0.1, -0.05) is 58.4 Å². The van der Waals surface area contributed by atoms with Crippen molar-refractivity contribution in [1.82, 2.24) is 0 Å². The second-order valence-electron chi connectivity index (χ2n) is 19.1.